The summed E-state index contributed by atoms with van der Waals surface area (Å²) in [5.41, 5.74) is 1.76. The van der Waals surface area contributed by atoms with E-state index in [1.165, 1.54) is 10.9 Å². The molecule has 0 unspecified atom stereocenters. The molecule has 0 aliphatic heterocycles. The summed E-state index contributed by atoms with van der Waals surface area (Å²) >= 11 is 0. The molecular weight excluding hydrogens is 142 g/mol. The van der Waals surface area contributed by atoms with E-state index >= 15 is 0 Å². The highest BCUT2D eigenvalue weighted by Gasteiger charge is 2.06. The molecule has 0 aromatic carbocycles. The largest absolute Gasteiger partial charge is 0.340 e. The number of aromatic nitrogens is 2. The van der Waals surface area contributed by atoms with Gasteiger partial charge in [0.15, 0.2) is 0 Å². The van der Waals surface area contributed by atoms with E-state index in [9.17, 15) is 4.79 Å². The number of carbonyl (C=O) groups is 1. The molecule has 0 saturated carbocycles. The fourth-order valence-electron chi connectivity index (χ4n) is 0.824. The highest BCUT2D eigenvalue weighted by atomic mass is 16.2. The molecule has 1 rings (SSSR count). The Labute approximate surface area is 65.2 Å². The number of rotatable bonds is 0. The quantitative estimate of drug-likeness (QED) is 0.596. The molecule has 0 spiro atoms. The Hall–Kier alpha value is -1.32. The fourth-order valence-corrected chi connectivity index (χ4v) is 0.824. The summed E-state index contributed by atoms with van der Waals surface area (Å²) in [6, 6.07) is -0.150. The molecule has 0 atom stereocenters. The molecule has 0 aliphatic rings. The van der Waals surface area contributed by atoms with Gasteiger partial charge in [0.1, 0.15) is 6.33 Å². The third-order valence-electron chi connectivity index (χ3n) is 1.68. The van der Waals surface area contributed by atoms with E-state index in [1.807, 2.05) is 13.8 Å². The van der Waals surface area contributed by atoms with E-state index in [4.69, 9.17) is 0 Å². The second-order valence-corrected chi connectivity index (χ2v) is 2.34. The highest BCUT2D eigenvalue weighted by molar-refractivity contribution is 5.77. The van der Waals surface area contributed by atoms with Crippen LogP contribution in [0.25, 0.3) is 0 Å². The van der Waals surface area contributed by atoms with Crippen molar-refractivity contribution in [2.45, 2.75) is 13.8 Å². The second kappa shape index (κ2) is 2.74. The predicted molar refractivity (Wildman–Crippen MR) is 41.6 cm³/mol. The Morgan fingerprint density at radius 3 is 2.64 bits per heavy atom. The van der Waals surface area contributed by atoms with Gasteiger partial charge in [-0.25, -0.2) is 9.78 Å². The zero-order valence-electron chi connectivity index (χ0n) is 6.88. The maximum atomic E-state index is 11.1. The molecule has 1 aromatic rings. The number of aryl methyl sites for hydroxylation is 1. The van der Waals surface area contributed by atoms with E-state index in [1.54, 1.807) is 7.05 Å². The number of carbonyl (C=O) groups excluding carboxylic acids is 1. The molecule has 0 fully saturated rings. The summed E-state index contributed by atoms with van der Waals surface area (Å²) in [5, 5.41) is 2.52. The van der Waals surface area contributed by atoms with E-state index in [2.05, 4.69) is 10.3 Å². The van der Waals surface area contributed by atoms with Gasteiger partial charge in [0.25, 0.3) is 0 Å². The van der Waals surface area contributed by atoms with E-state index in [0.717, 1.165) is 11.4 Å². The minimum atomic E-state index is -0.150. The Kier molecular flexibility index (Phi) is 1.94. The van der Waals surface area contributed by atoms with Crippen LogP contribution in [0.1, 0.15) is 11.4 Å². The first-order valence-corrected chi connectivity index (χ1v) is 3.39. The number of nitrogens with zero attached hydrogens (tertiary/aromatic N) is 2. The van der Waals surface area contributed by atoms with Crippen LogP contribution in [0.5, 0.6) is 0 Å². The molecule has 4 heteroatoms. The SMILES string of the molecule is CNC(=O)n1cnc(C)c1C. The minimum absolute atomic E-state index is 0.150. The lowest BCUT2D eigenvalue weighted by Gasteiger charge is -2.00. The van der Waals surface area contributed by atoms with Gasteiger partial charge in [-0.3, -0.25) is 4.57 Å². The highest BCUT2D eigenvalue weighted by Crippen LogP contribution is 2.02. The Bertz CT molecular complexity index is 277. The molecule has 0 aliphatic carbocycles. The third-order valence-corrected chi connectivity index (χ3v) is 1.68. The number of hydrogen-bond acceptors (Lipinski definition) is 2. The van der Waals surface area contributed by atoms with Gasteiger partial charge in [0, 0.05) is 12.7 Å². The van der Waals surface area contributed by atoms with Gasteiger partial charge in [0.05, 0.1) is 5.69 Å². The third kappa shape index (κ3) is 1.24. The Morgan fingerprint density at radius 2 is 2.27 bits per heavy atom. The van der Waals surface area contributed by atoms with Gasteiger partial charge >= 0.3 is 6.03 Å². The van der Waals surface area contributed by atoms with Crippen molar-refractivity contribution in [1.29, 1.82) is 0 Å². The van der Waals surface area contributed by atoms with Crippen LogP contribution in [0.2, 0.25) is 0 Å². The van der Waals surface area contributed by atoms with Gasteiger partial charge < -0.3 is 5.32 Å². The topological polar surface area (TPSA) is 46.9 Å². The van der Waals surface area contributed by atoms with Crippen molar-refractivity contribution < 1.29 is 4.79 Å². The van der Waals surface area contributed by atoms with Crippen LogP contribution in [0.4, 0.5) is 4.79 Å². The standard InChI is InChI=1S/C7H11N3O/c1-5-6(2)10(4-9-5)7(11)8-3/h4H,1-3H3,(H,8,11). The molecule has 0 radical (unpaired) electrons. The zero-order chi connectivity index (χ0) is 8.43. The number of imidazole rings is 1. The van der Waals surface area contributed by atoms with Crippen molar-refractivity contribution in [1.82, 2.24) is 14.9 Å². The van der Waals surface area contributed by atoms with E-state index in [-0.39, 0.29) is 6.03 Å². The fraction of sp³-hybridized carbons (Fsp3) is 0.429. The van der Waals surface area contributed by atoms with Gasteiger partial charge in [0.2, 0.25) is 0 Å². The zero-order valence-corrected chi connectivity index (χ0v) is 6.88. The van der Waals surface area contributed by atoms with Gasteiger partial charge in [-0.2, -0.15) is 0 Å². The molecule has 11 heavy (non-hydrogen) atoms. The lowest BCUT2D eigenvalue weighted by atomic mass is 10.4. The minimum Gasteiger partial charge on any atom is -0.340 e. The average molecular weight is 153 g/mol. The molecular formula is C7H11N3O. The van der Waals surface area contributed by atoms with E-state index in [0.29, 0.717) is 0 Å². The molecule has 1 heterocycles. The van der Waals surface area contributed by atoms with Crippen LogP contribution in [0.15, 0.2) is 6.33 Å². The van der Waals surface area contributed by atoms with Gasteiger partial charge in [-0.15, -0.1) is 0 Å². The molecule has 60 valence electrons. The summed E-state index contributed by atoms with van der Waals surface area (Å²) in [5.74, 6) is 0. The first-order valence-electron chi connectivity index (χ1n) is 3.39. The van der Waals surface area contributed by atoms with Crippen molar-refractivity contribution in [2.24, 2.45) is 0 Å². The predicted octanol–water partition coefficient (Wildman–Crippen LogP) is 0.687. The van der Waals surface area contributed by atoms with Crippen LogP contribution in [0, 0.1) is 13.8 Å². The lowest BCUT2D eigenvalue weighted by Crippen LogP contribution is -2.24. The average Bonchev–Trinajstić information content (AvgIpc) is 2.32. The lowest BCUT2D eigenvalue weighted by molar-refractivity contribution is 0.244. The second-order valence-electron chi connectivity index (χ2n) is 2.34. The van der Waals surface area contributed by atoms with Crippen molar-refractivity contribution in [2.75, 3.05) is 7.05 Å². The maximum Gasteiger partial charge on any atom is 0.326 e. The van der Waals surface area contributed by atoms with Crippen LogP contribution < -0.4 is 5.32 Å². The smallest absolute Gasteiger partial charge is 0.326 e. The molecule has 1 aromatic heterocycles. The molecule has 1 amide bonds. The molecule has 0 saturated heterocycles. The maximum absolute atomic E-state index is 11.1. The van der Waals surface area contributed by atoms with Crippen molar-refractivity contribution >= 4 is 6.03 Å². The van der Waals surface area contributed by atoms with Crippen molar-refractivity contribution in [3.63, 3.8) is 0 Å². The van der Waals surface area contributed by atoms with Crippen molar-refractivity contribution in [3.8, 4) is 0 Å². The van der Waals surface area contributed by atoms with Crippen LogP contribution >= 0.6 is 0 Å². The summed E-state index contributed by atoms with van der Waals surface area (Å²) in [6.45, 7) is 3.73. The molecule has 4 nitrogen and oxygen atoms in total. The summed E-state index contributed by atoms with van der Waals surface area (Å²) < 4.78 is 1.48. The van der Waals surface area contributed by atoms with E-state index < -0.39 is 0 Å². The molecule has 0 bridgehead atoms. The number of amides is 1. The monoisotopic (exact) mass is 153 g/mol. The van der Waals surface area contributed by atoms with Crippen LogP contribution in [-0.4, -0.2) is 22.6 Å². The number of nitrogens with one attached hydrogen (secondary N) is 1. The molecule has 1 N–H and O–H groups in total. The number of hydrogen-bond donors (Lipinski definition) is 1. The summed E-state index contributed by atoms with van der Waals surface area (Å²) in [7, 11) is 1.59. The van der Waals surface area contributed by atoms with Crippen molar-refractivity contribution in [3.05, 3.63) is 17.7 Å². The van der Waals surface area contributed by atoms with Crippen LogP contribution in [-0.2, 0) is 0 Å². The summed E-state index contributed by atoms with van der Waals surface area (Å²) in [6.07, 6.45) is 1.52. The van der Waals surface area contributed by atoms with Gasteiger partial charge in [-0.1, -0.05) is 0 Å². The normalized spacial score (nSPS) is 9.73. The summed E-state index contributed by atoms with van der Waals surface area (Å²) in [4.78, 5) is 15.0. The van der Waals surface area contributed by atoms with Crippen LogP contribution in [0.3, 0.4) is 0 Å². The Morgan fingerprint density at radius 1 is 1.64 bits per heavy atom. The first kappa shape index (κ1) is 7.78. The van der Waals surface area contributed by atoms with Gasteiger partial charge in [-0.05, 0) is 13.8 Å². The first-order chi connectivity index (χ1) is 5.16. The Balaban J connectivity index is 3.04.